The van der Waals surface area contributed by atoms with Gasteiger partial charge in [0.25, 0.3) is 0 Å². The third kappa shape index (κ3) is 2.86. The number of carboxylic acids is 1. The van der Waals surface area contributed by atoms with E-state index in [1.807, 2.05) is 27.7 Å². The van der Waals surface area contributed by atoms with E-state index in [1.54, 1.807) is 6.92 Å². The van der Waals surface area contributed by atoms with Crippen molar-refractivity contribution in [2.24, 2.45) is 5.92 Å². The molecule has 5 nitrogen and oxygen atoms in total. The van der Waals surface area contributed by atoms with Gasteiger partial charge in [-0.1, -0.05) is 20.8 Å². The van der Waals surface area contributed by atoms with Crippen molar-refractivity contribution in [2.45, 2.75) is 71.1 Å². The van der Waals surface area contributed by atoms with Crippen molar-refractivity contribution in [1.82, 2.24) is 0 Å². The van der Waals surface area contributed by atoms with Gasteiger partial charge in [0.15, 0.2) is 11.6 Å². The molecule has 0 radical (unpaired) electrons. The minimum Gasteiger partial charge on any atom is -0.481 e. The summed E-state index contributed by atoms with van der Waals surface area (Å²) in [5, 5.41) is 9.13. The number of hydrogen-bond donors (Lipinski definition) is 1. The fourth-order valence-electron chi connectivity index (χ4n) is 2.67. The van der Waals surface area contributed by atoms with Crippen LogP contribution in [0.25, 0.3) is 0 Å². The Balaban J connectivity index is 3.08. The summed E-state index contributed by atoms with van der Waals surface area (Å²) in [6.07, 6.45) is 1.71. The average Bonchev–Trinajstić information content (AvgIpc) is 2.58. The van der Waals surface area contributed by atoms with Gasteiger partial charge in [0.05, 0.1) is 5.92 Å². The van der Waals surface area contributed by atoms with Crippen molar-refractivity contribution >= 4 is 16.5 Å². The van der Waals surface area contributed by atoms with E-state index in [-0.39, 0.29) is 0 Å². The molecule has 2 unspecified atom stereocenters. The highest BCUT2D eigenvalue weighted by Gasteiger charge is 2.61. The molecule has 0 spiro atoms. The van der Waals surface area contributed by atoms with E-state index in [9.17, 15) is 4.79 Å². The van der Waals surface area contributed by atoms with Gasteiger partial charge in [-0.3, -0.25) is 4.79 Å². The molecule has 19 heavy (non-hydrogen) atoms. The van der Waals surface area contributed by atoms with Gasteiger partial charge in [0.2, 0.25) is 0 Å². The van der Waals surface area contributed by atoms with Crippen molar-refractivity contribution in [2.75, 3.05) is 0 Å². The number of carboxylic acid groups (broad SMARTS) is 1. The molecule has 1 saturated heterocycles. The summed E-state index contributed by atoms with van der Waals surface area (Å²) in [5.74, 6) is -3.03. The molecule has 1 rings (SSSR count). The first-order chi connectivity index (χ1) is 8.67. The first-order valence-electron chi connectivity index (χ1n) is 6.86. The van der Waals surface area contributed by atoms with Crippen LogP contribution in [0.15, 0.2) is 0 Å². The predicted octanol–water partition coefficient (Wildman–Crippen LogP) is 1.43. The van der Waals surface area contributed by atoms with Crippen LogP contribution in [-0.4, -0.2) is 38.7 Å². The molecule has 0 aromatic heterocycles. The van der Waals surface area contributed by atoms with Gasteiger partial charge in [-0.15, -0.1) is 0 Å². The predicted molar refractivity (Wildman–Crippen MR) is 74.7 cm³/mol. The highest BCUT2D eigenvalue weighted by Crippen LogP contribution is 2.50. The molecule has 1 heterocycles. The van der Waals surface area contributed by atoms with E-state index < -0.39 is 29.1 Å². The number of aliphatic carboxylic acids is 1. The van der Waals surface area contributed by atoms with Crippen LogP contribution in [0.2, 0.25) is 0 Å². The van der Waals surface area contributed by atoms with Crippen molar-refractivity contribution in [3.8, 4) is 0 Å². The van der Waals surface area contributed by atoms with Gasteiger partial charge in [0, 0.05) is 6.42 Å². The Bertz CT molecular complexity index is 340. The van der Waals surface area contributed by atoms with Crippen LogP contribution in [0.4, 0.5) is 0 Å². The summed E-state index contributed by atoms with van der Waals surface area (Å²) in [4.78, 5) is 11.1. The Morgan fingerprint density at radius 2 is 1.84 bits per heavy atom. The molecule has 2 atom stereocenters. The van der Waals surface area contributed by atoms with Gasteiger partial charge in [-0.2, -0.15) is 0 Å². The smallest absolute Gasteiger partial charge is 0.306 e. The van der Waals surface area contributed by atoms with Gasteiger partial charge in [-0.05, 0) is 26.7 Å². The third-order valence-electron chi connectivity index (χ3n) is 4.11. The molecule has 0 aliphatic carbocycles. The highest BCUT2D eigenvalue weighted by atomic mass is 28.2. The largest absolute Gasteiger partial charge is 0.481 e. The fraction of sp³-hybridized carbons (Fsp3) is 0.923. The maximum atomic E-state index is 11.1. The average molecular weight is 290 g/mol. The van der Waals surface area contributed by atoms with E-state index in [1.165, 1.54) is 0 Å². The molecular weight excluding hydrogens is 264 g/mol. The normalized spacial score (nSPS) is 30.4. The summed E-state index contributed by atoms with van der Waals surface area (Å²) >= 11 is 0. The fourth-order valence-corrected chi connectivity index (χ4v) is 3.42. The van der Waals surface area contributed by atoms with E-state index in [0.717, 1.165) is 0 Å². The van der Waals surface area contributed by atoms with Gasteiger partial charge in [0.1, 0.15) is 16.1 Å². The second kappa shape index (κ2) is 5.52. The van der Waals surface area contributed by atoms with Crippen molar-refractivity contribution in [3.63, 3.8) is 0 Å². The minimum absolute atomic E-state index is 0.292. The maximum Gasteiger partial charge on any atom is 0.306 e. The summed E-state index contributed by atoms with van der Waals surface area (Å²) in [6.45, 7) is 9.49. The zero-order chi connectivity index (χ0) is 14.9. The molecule has 0 amide bonds. The van der Waals surface area contributed by atoms with Crippen LogP contribution in [0.5, 0.6) is 0 Å². The molecular formula is C13H26O5Si. The van der Waals surface area contributed by atoms with Gasteiger partial charge < -0.3 is 19.0 Å². The zero-order valence-corrected chi connectivity index (χ0v) is 14.8. The molecule has 6 heteroatoms. The summed E-state index contributed by atoms with van der Waals surface area (Å²) < 4.78 is 18.0. The first kappa shape index (κ1) is 16.6. The number of hydrogen-bond acceptors (Lipinski definition) is 4. The molecule has 1 aliphatic rings. The third-order valence-corrected chi connectivity index (χ3v) is 4.77. The summed E-state index contributed by atoms with van der Waals surface area (Å²) in [7, 11) is 0.464. The van der Waals surface area contributed by atoms with E-state index in [4.69, 9.17) is 19.0 Å². The number of rotatable bonds is 6. The minimum atomic E-state index is -0.969. The lowest BCUT2D eigenvalue weighted by molar-refractivity contribution is -0.243. The molecule has 0 aromatic carbocycles. The molecule has 0 bridgehead atoms. The molecule has 1 aliphatic heterocycles. The highest BCUT2D eigenvalue weighted by molar-refractivity contribution is 5.98. The van der Waals surface area contributed by atoms with Crippen LogP contribution >= 0.6 is 0 Å². The topological polar surface area (TPSA) is 65.0 Å². The molecule has 1 N–H and O–H groups in total. The number of ether oxygens (including phenoxy) is 2. The quantitative estimate of drug-likeness (QED) is 0.750. The first-order valence-corrected chi connectivity index (χ1v) is 7.67. The maximum absolute atomic E-state index is 11.1. The Morgan fingerprint density at radius 3 is 2.16 bits per heavy atom. The number of carbonyl (C=O) groups is 1. The lowest BCUT2D eigenvalue weighted by atomic mass is 9.89. The van der Waals surface area contributed by atoms with Crippen molar-refractivity contribution in [3.05, 3.63) is 0 Å². The standard InChI is InChI=1S/C13H26O5Si/c1-6-12(7-2)16-11(4,5)13(17-12,18-19)8-9(3)10(14)15/h9H,6-8H2,1-5,19H3,(H,14,15). The van der Waals surface area contributed by atoms with Gasteiger partial charge >= 0.3 is 5.97 Å². The summed E-state index contributed by atoms with van der Waals surface area (Å²) in [5.41, 5.74) is -0.662. The SMILES string of the molecule is CCC1(CC)OC(C)(C)C(CC(C)C(=O)O)(O[SiH3])O1. The second-order valence-electron chi connectivity index (χ2n) is 5.73. The van der Waals surface area contributed by atoms with Crippen LogP contribution in [-0.2, 0) is 18.7 Å². The Hall–Kier alpha value is -0.433. The van der Waals surface area contributed by atoms with Crippen molar-refractivity contribution < 1.29 is 23.8 Å². The zero-order valence-electron chi connectivity index (χ0n) is 12.8. The van der Waals surface area contributed by atoms with E-state index >= 15 is 0 Å². The van der Waals surface area contributed by atoms with Crippen LogP contribution < -0.4 is 0 Å². The lowest BCUT2D eigenvalue weighted by Gasteiger charge is -2.38. The molecule has 1 fully saturated rings. The van der Waals surface area contributed by atoms with Crippen LogP contribution in [0.3, 0.4) is 0 Å². The summed E-state index contributed by atoms with van der Waals surface area (Å²) in [6, 6.07) is 0. The molecule has 112 valence electrons. The van der Waals surface area contributed by atoms with Crippen molar-refractivity contribution in [1.29, 1.82) is 0 Å². The second-order valence-corrected chi connectivity index (χ2v) is 6.14. The van der Waals surface area contributed by atoms with E-state index in [2.05, 4.69) is 0 Å². The van der Waals surface area contributed by atoms with Crippen LogP contribution in [0.1, 0.15) is 53.9 Å². The monoisotopic (exact) mass is 290 g/mol. The lowest BCUT2D eigenvalue weighted by Crippen LogP contribution is -2.51. The Labute approximate surface area is 118 Å². The van der Waals surface area contributed by atoms with Crippen LogP contribution in [0, 0.1) is 5.92 Å². The molecule has 0 aromatic rings. The Morgan fingerprint density at radius 1 is 1.32 bits per heavy atom. The Kier molecular flexibility index (Phi) is 4.82. The van der Waals surface area contributed by atoms with E-state index in [0.29, 0.717) is 29.7 Å². The van der Waals surface area contributed by atoms with Gasteiger partial charge in [-0.25, -0.2) is 0 Å². The molecule has 0 saturated carbocycles.